The maximum atomic E-state index is 11.0. The van der Waals surface area contributed by atoms with Crippen molar-refractivity contribution in [1.29, 1.82) is 0 Å². The summed E-state index contributed by atoms with van der Waals surface area (Å²) >= 11 is 0. The Morgan fingerprint density at radius 2 is 1.95 bits per heavy atom. The molecule has 2 atom stereocenters. The first-order valence-electron chi connectivity index (χ1n) is 6.58. The highest BCUT2D eigenvalue weighted by Crippen LogP contribution is 2.47. The first kappa shape index (κ1) is 12.8. The molecule has 20 heavy (non-hydrogen) atoms. The van der Waals surface area contributed by atoms with Crippen LogP contribution in [0.5, 0.6) is 0 Å². The van der Waals surface area contributed by atoms with Crippen LogP contribution in [0, 0.1) is 26.7 Å². The molecular formula is C14H16N4O2. The van der Waals surface area contributed by atoms with Gasteiger partial charge in [0.25, 0.3) is 0 Å². The molecule has 0 bridgehead atoms. The largest absolute Gasteiger partial charge is 0.481 e. The van der Waals surface area contributed by atoms with Crippen LogP contribution in [0.4, 0.5) is 0 Å². The van der Waals surface area contributed by atoms with E-state index in [0.29, 0.717) is 12.2 Å². The van der Waals surface area contributed by atoms with Crippen LogP contribution >= 0.6 is 0 Å². The average molecular weight is 272 g/mol. The fourth-order valence-corrected chi connectivity index (χ4v) is 2.84. The van der Waals surface area contributed by atoms with Crippen molar-refractivity contribution >= 4 is 5.97 Å². The third-order valence-corrected chi connectivity index (χ3v) is 3.78. The standard InChI is InChI=1S/C14H16N4O2/c1-7-4-8(2)12(9(3)5-7)18-13(15-16-17-18)10-6-11(10)14(19)20/h4-5,10-11H,6H2,1-3H3,(H,19,20). The summed E-state index contributed by atoms with van der Waals surface area (Å²) in [5.74, 6) is -0.567. The second kappa shape index (κ2) is 4.40. The number of tetrazole rings is 1. The van der Waals surface area contributed by atoms with Crippen molar-refractivity contribution in [2.24, 2.45) is 5.92 Å². The first-order chi connectivity index (χ1) is 9.49. The molecule has 0 radical (unpaired) electrons. The van der Waals surface area contributed by atoms with Crippen LogP contribution in [-0.2, 0) is 4.79 Å². The Kier molecular flexibility index (Phi) is 2.81. The molecule has 1 fully saturated rings. The van der Waals surface area contributed by atoms with Crippen LogP contribution in [0.1, 0.15) is 34.9 Å². The average Bonchev–Trinajstić information content (AvgIpc) is 3.01. The quantitative estimate of drug-likeness (QED) is 0.921. The van der Waals surface area contributed by atoms with Gasteiger partial charge in [0.1, 0.15) is 0 Å². The minimum Gasteiger partial charge on any atom is -0.481 e. The third-order valence-electron chi connectivity index (χ3n) is 3.78. The van der Waals surface area contributed by atoms with Gasteiger partial charge in [0.15, 0.2) is 5.82 Å². The van der Waals surface area contributed by atoms with E-state index < -0.39 is 5.97 Å². The smallest absolute Gasteiger partial charge is 0.307 e. The predicted molar refractivity (Wildman–Crippen MR) is 71.8 cm³/mol. The van der Waals surface area contributed by atoms with Gasteiger partial charge in [-0.1, -0.05) is 17.7 Å². The lowest BCUT2D eigenvalue weighted by Gasteiger charge is -2.12. The summed E-state index contributed by atoms with van der Waals surface area (Å²) in [4.78, 5) is 11.0. The highest BCUT2D eigenvalue weighted by Gasteiger charge is 2.47. The van der Waals surface area contributed by atoms with E-state index in [9.17, 15) is 4.79 Å². The van der Waals surface area contributed by atoms with Gasteiger partial charge in [0, 0.05) is 5.92 Å². The van der Waals surface area contributed by atoms with E-state index in [-0.39, 0.29) is 11.8 Å². The lowest BCUT2D eigenvalue weighted by Crippen LogP contribution is -2.08. The topological polar surface area (TPSA) is 80.9 Å². The molecule has 6 heteroatoms. The molecule has 1 aliphatic rings. The summed E-state index contributed by atoms with van der Waals surface area (Å²) in [5.41, 5.74) is 4.31. The number of benzene rings is 1. The van der Waals surface area contributed by atoms with Crippen LogP contribution in [0.3, 0.4) is 0 Å². The van der Waals surface area contributed by atoms with Gasteiger partial charge in [-0.15, -0.1) is 5.10 Å². The summed E-state index contributed by atoms with van der Waals surface area (Å²) in [7, 11) is 0. The molecule has 1 aliphatic carbocycles. The molecule has 104 valence electrons. The van der Waals surface area contributed by atoms with Crippen LogP contribution in [0.2, 0.25) is 0 Å². The number of carbonyl (C=O) groups is 1. The van der Waals surface area contributed by atoms with Crippen LogP contribution < -0.4 is 0 Å². The minimum absolute atomic E-state index is 0.0809. The van der Waals surface area contributed by atoms with Crippen molar-refractivity contribution in [2.45, 2.75) is 33.1 Å². The lowest BCUT2D eigenvalue weighted by molar-refractivity contribution is -0.138. The van der Waals surface area contributed by atoms with Gasteiger partial charge >= 0.3 is 5.97 Å². The van der Waals surface area contributed by atoms with E-state index >= 15 is 0 Å². The Morgan fingerprint density at radius 3 is 2.50 bits per heavy atom. The van der Waals surface area contributed by atoms with Crippen molar-refractivity contribution in [1.82, 2.24) is 20.2 Å². The highest BCUT2D eigenvalue weighted by atomic mass is 16.4. The fourth-order valence-electron chi connectivity index (χ4n) is 2.84. The van der Waals surface area contributed by atoms with Gasteiger partial charge < -0.3 is 5.11 Å². The number of rotatable bonds is 3. The van der Waals surface area contributed by atoms with Gasteiger partial charge in [-0.2, -0.15) is 4.68 Å². The molecule has 1 N–H and O–H groups in total. The minimum atomic E-state index is -0.776. The van der Waals surface area contributed by atoms with Crippen molar-refractivity contribution < 1.29 is 9.90 Å². The number of aryl methyl sites for hydroxylation is 3. The van der Waals surface area contributed by atoms with E-state index in [1.54, 1.807) is 4.68 Å². The molecule has 6 nitrogen and oxygen atoms in total. The van der Waals surface area contributed by atoms with E-state index in [1.807, 2.05) is 20.8 Å². The predicted octanol–water partition coefficient (Wildman–Crippen LogP) is 1.78. The maximum Gasteiger partial charge on any atom is 0.307 e. The molecule has 2 aromatic rings. The Bertz CT molecular complexity index is 669. The van der Waals surface area contributed by atoms with Gasteiger partial charge in [0.05, 0.1) is 11.6 Å². The zero-order chi connectivity index (χ0) is 14.4. The Hall–Kier alpha value is -2.24. The Labute approximate surface area is 116 Å². The summed E-state index contributed by atoms with van der Waals surface area (Å²) < 4.78 is 1.69. The van der Waals surface area contributed by atoms with Crippen LogP contribution in [-0.4, -0.2) is 31.3 Å². The fraction of sp³-hybridized carbons (Fsp3) is 0.429. The molecule has 0 saturated heterocycles. The van der Waals surface area contributed by atoms with E-state index in [4.69, 9.17) is 5.11 Å². The Balaban J connectivity index is 2.05. The van der Waals surface area contributed by atoms with Gasteiger partial charge in [-0.05, 0) is 48.7 Å². The highest BCUT2D eigenvalue weighted by molar-refractivity contribution is 5.74. The number of carboxylic acids is 1. The van der Waals surface area contributed by atoms with Gasteiger partial charge in [-0.25, -0.2) is 0 Å². The molecule has 1 aromatic carbocycles. The molecule has 0 amide bonds. The molecular weight excluding hydrogens is 256 g/mol. The summed E-state index contributed by atoms with van der Waals surface area (Å²) in [5, 5.41) is 20.9. The van der Waals surface area contributed by atoms with Crippen molar-refractivity contribution in [2.75, 3.05) is 0 Å². The van der Waals surface area contributed by atoms with Gasteiger partial charge in [0.2, 0.25) is 0 Å². The normalized spacial score (nSPS) is 20.9. The molecule has 1 heterocycles. The number of carboxylic acid groups (broad SMARTS) is 1. The van der Waals surface area contributed by atoms with Crippen molar-refractivity contribution in [3.05, 3.63) is 34.6 Å². The molecule has 1 aromatic heterocycles. The van der Waals surface area contributed by atoms with E-state index in [0.717, 1.165) is 16.8 Å². The molecule has 2 unspecified atom stereocenters. The summed E-state index contributed by atoms with van der Waals surface area (Å²) in [6, 6.07) is 4.16. The molecule has 0 aliphatic heterocycles. The SMILES string of the molecule is Cc1cc(C)c(-n2nnnc2C2CC2C(=O)O)c(C)c1. The number of aromatic nitrogens is 4. The zero-order valence-electron chi connectivity index (χ0n) is 11.7. The van der Waals surface area contributed by atoms with Crippen molar-refractivity contribution in [3.63, 3.8) is 0 Å². The number of nitrogens with zero attached hydrogens (tertiary/aromatic N) is 4. The monoisotopic (exact) mass is 272 g/mol. The summed E-state index contributed by atoms with van der Waals surface area (Å²) in [6.45, 7) is 6.08. The second-order valence-electron chi connectivity index (χ2n) is 5.48. The van der Waals surface area contributed by atoms with Crippen LogP contribution in [0.15, 0.2) is 12.1 Å². The molecule has 3 rings (SSSR count). The Morgan fingerprint density at radius 1 is 1.30 bits per heavy atom. The second-order valence-corrected chi connectivity index (χ2v) is 5.48. The molecule has 1 saturated carbocycles. The van der Waals surface area contributed by atoms with E-state index in [1.165, 1.54) is 5.56 Å². The van der Waals surface area contributed by atoms with E-state index in [2.05, 4.69) is 27.7 Å². The zero-order valence-corrected chi connectivity index (χ0v) is 11.7. The number of hydrogen-bond acceptors (Lipinski definition) is 4. The summed E-state index contributed by atoms with van der Waals surface area (Å²) in [6.07, 6.45) is 0.611. The lowest BCUT2D eigenvalue weighted by atomic mass is 10.1. The number of aliphatic carboxylic acids is 1. The third kappa shape index (κ3) is 1.97. The maximum absolute atomic E-state index is 11.0. The molecule has 0 spiro atoms. The number of hydrogen-bond donors (Lipinski definition) is 1. The van der Waals surface area contributed by atoms with Crippen molar-refractivity contribution in [3.8, 4) is 5.69 Å². The first-order valence-corrected chi connectivity index (χ1v) is 6.58. The van der Waals surface area contributed by atoms with Gasteiger partial charge in [-0.3, -0.25) is 4.79 Å². The van der Waals surface area contributed by atoms with Crippen LogP contribution in [0.25, 0.3) is 5.69 Å².